The fraction of sp³-hybridized carbons (Fsp3) is 0.783. The Kier molecular flexibility index (Phi) is 22.6. The second-order valence-corrected chi connectivity index (χ2v) is 29.3. The molecule has 532 valence electrons. The Balaban J connectivity index is 0.913. The van der Waals surface area contributed by atoms with Gasteiger partial charge in [-0.05, 0) is 116 Å². The van der Waals surface area contributed by atoms with E-state index < -0.39 is 216 Å². The molecule has 1 amide bonds. The lowest BCUT2D eigenvalue weighted by Crippen LogP contribution is -3.17. The van der Waals surface area contributed by atoms with Crippen LogP contribution in [0.1, 0.15) is 154 Å². The topological polar surface area (TPSA) is 346 Å². The first-order valence-corrected chi connectivity index (χ1v) is 34.1. The van der Waals surface area contributed by atoms with Gasteiger partial charge in [-0.2, -0.15) is 0 Å². The number of aliphatic hydroxyl groups is 4. The standard InChI is InChI=1S/C69H102N2O24/c1-31(2)64(78)94-60-39(10)87-54(27-50(60)91-51-22-20-49(37(8)85-51)90-53-26-47(75)59(38(9)86-53)92-52-21-18-45(73)36(7)84-52)93-58-35(6)23-34(5)57-42(58)16-17-43-32(3)15-19-48(89-55-29-67(12,71(81)82)61(40(11)88-55)70-66(80)83-14)33(4)24-44-46(74)25-41(30-72)28-69(44)63(77)56(65(79)95-69)62(76)68(43,57)13/h15-17,24-25,30-31,34-40,42-55,57-61,71,73-76,81H,18-23,26-29H2,1-14H3,(H,70,80). The molecule has 1 spiro atoms. The molecule has 6 aliphatic heterocycles. The quantitative estimate of drug-likeness (QED) is 0.0266. The van der Waals surface area contributed by atoms with E-state index in [2.05, 4.69) is 25.2 Å². The van der Waals surface area contributed by atoms with Gasteiger partial charge < -0.3 is 92.5 Å². The third-order valence-corrected chi connectivity index (χ3v) is 22.2. The molecule has 7 fully saturated rings. The predicted molar refractivity (Wildman–Crippen MR) is 333 cm³/mol. The Labute approximate surface area is 555 Å². The van der Waals surface area contributed by atoms with Crippen molar-refractivity contribution in [3.05, 3.63) is 63.6 Å². The van der Waals surface area contributed by atoms with Gasteiger partial charge in [0.15, 0.2) is 48.7 Å². The molecule has 10 aliphatic rings. The first-order chi connectivity index (χ1) is 44.8. The lowest BCUT2D eigenvalue weighted by Gasteiger charge is -2.56. The summed E-state index contributed by atoms with van der Waals surface area (Å²) in [6.07, 6.45) is -3.82. The summed E-state index contributed by atoms with van der Waals surface area (Å²) >= 11 is 0. The van der Waals surface area contributed by atoms with Crippen molar-refractivity contribution in [2.45, 2.75) is 288 Å². The average Bonchev–Trinajstić information content (AvgIpc) is 1.52. The van der Waals surface area contributed by atoms with Gasteiger partial charge in [-0.25, -0.2) is 20.0 Å². The van der Waals surface area contributed by atoms with Crippen molar-refractivity contribution in [1.82, 2.24) is 5.32 Å². The van der Waals surface area contributed by atoms with Crippen LogP contribution in [0.2, 0.25) is 0 Å². The minimum Gasteiger partial charge on any atom is -0.600 e. The summed E-state index contributed by atoms with van der Waals surface area (Å²) in [7, 11) is 1.17. The maximum Gasteiger partial charge on any atom is 0.407 e. The molecule has 0 aromatic carbocycles. The lowest BCUT2D eigenvalue weighted by molar-refractivity contribution is -1.09. The maximum atomic E-state index is 15.6. The Bertz CT molecular complexity index is 2960. The molecule has 30 atom stereocenters. The highest BCUT2D eigenvalue weighted by atomic mass is 16.8. The minimum atomic E-state index is -2.19. The summed E-state index contributed by atoms with van der Waals surface area (Å²) < 4.78 is 82.3. The zero-order chi connectivity index (χ0) is 69.1. The highest BCUT2D eigenvalue weighted by Crippen LogP contribution is 2.61. The first kappa shape index (κ1) is 73.1. The first-order valence-electron chi connectivity index (χ1n) is 34.1. The number of hydroxylamine groups is 2. The van der Waals surface area contributed by atoms with Crippen molar-refractivity contribution in [2.75, 3.05) is 7.11 Å². The van der Waals surface area contributed by atoms with Crippen LogP contribution in [0.5, 0.6) is 0 Å². The maximum absolute atomic E-state index is 15.6. The number of esters is 2. The number of alkyl carbamates (subject to hydrolysis) is 1. The molecule has 30 unspecified atom stereocenters. The summed E-state index contributed by atoms with van der Waals surface area (Å²) in [5.41, 5.74) is -4.65. The number of methoxy groups -OCH3 is 1. The second kappa shape index (κ2) is 29.3. The number of hydrogen-bond acceptors (Lipinski definition) is 24. The summed E-state index contributed by atoms with van der Waals surface area (Å²) in [5, 5.41) is 71.9. The number of nitrogens with one attached hydrogen (secondary N) is 2. The Morgan fingerprint density at radius 2 is 1.36 bits per heavy atom. The molecule has 95 heavy (non-hydrogen) atoms. The monoisotopic (exact) mass is 1340 g/mol. The van der Waals surface area contributed by atoms with E-state index in [0.717, 1.165) is 5.57 Å². The van der Waals surface area contributed by atoms with Crippen molar-refractivity contribution in [1.29, 1.82) is 0 Å². The van der Waals surface area contributed by atoms with Crippen LogP contribution in [0.15, 0.2) is 58.4 Å². The van der Waals surface area contributed by atoms with Crippen LogP contribution in [0.3, 0.4) is 0 Å². The molecule has 0 radical (unpaired) electrons. The summed E-state index contributed by atoms with van der Waals surface area (Å²) in [5.74, 6) is -6.77. The molecule has 26 nitrogen and oxygen atoms in total. The van der Waals surface area contributed by atoms with Gasteiger partial charge in [-0.1, -0.05) is 64.5 Å². The van der Waals surface area contributed by atoms with Gasteiger partial charge >= 0.3 is 18.0 Å². The Morgan fingerprint density at radius 1 is 0.726 bits per heavy atom. The van der Waals surface area contributed by atoms with Crippen molar-refractivity contribution >= 4 is 30.1 Å². The number of aldehydes is 1. The number of Topliss-reactive ketones (excluding diaryl/α,β-unsaturated/α-hetero) is 1. The van der Waals surface area contributed by atoms with Crippen LogP contribution in [-0.2, 0) is 80.8 Å². The third-order valence-electron chi connectivity index (χ3n) is 22.2. The molecule has 7 N–H and O–H groups in total. The minimum absolute atomic E-state index is 0.00649. The Hall–Kier alpha value is -4.59. The van der Waals surface area contributed by atoms with E-state index in [1.54, 1.807) is 47.6 Å². The Morgan fingerprint density at radius 3 is 2.01 bits per heavy atom. The van der Waals surface area contributed by atoms with Gasteiger partial charge in [0, 0.05) is 49.4 Å². The zero-order valence-electron chi connectivity index (χ0n) is 57.1. The number of ether oxygens (including phenoxy) is 13. The van der Waals surface area contributed by atoms with E-state index >= 15 is 4.79 Å². The molecule has 6 heterocycles. The predicted octanol–water partition coefficient (Wildman–Crippen LogP) is 5.49. The van der Waals surface area contributed by atoms with Crippen LogP contribution in [0.25, 0.3) is 0 Å². The van der Waals surface area contributed by atoms with Crippen molar-refractivity contribution in [3.8, 4) is 0 Å². The number of aliphatic hydroxyl groups excluding tert-OH is 4. The third kappa shape index (κ3) is 14.6. The van der Waals surface area contributed by atoms with E-state index in [1.807, 2.05) is 39.8 Å². The number of allylic oxidation sites excluding steroid dienone is 3. The summed E-state index contributed by atoms with van der Waals surface area (Å²) in [6, 6.07) is -1.03. The molecule has 0 aromatic rings. The van der Waals surface area contributed by atoms with Gasteiger partial charge in [0.2, 0.25) is 5.78 Å². The van der Waals surface area contributed by atoms with E-state index in [0.29, 0.717) is 44.0 Å². The fourth-order valence-corrected chi connectivity index (χ4v) is 17.0. The number of quaternary nitrogens is 1. The van der Waals surface area contributed by atoms with E-state index in [1.165, 1.54) is 20.1 Å². The van der Waals surface area contributed by atoms with Crippen molar-refractivity contribution < 1.29 is 116 Å². The molecule has 10 rings (SSSR count). The van der Waals surface area contributed by atoms with Gasteiger partial charge in [-0.3, -0.25) is 14.4 Å². The second-order valence-electron chi connectivity index (χ2n) is 29.3. The van der Waals surface area contributed by atoms with E-state index in [9.17, 15) is 50.0 Å². The molecule has 1 saturated carbocycles. The van der Waals surface area contributed by atoms with Crippen LogP contribution < -0.4 is 10.5 Å². The lowest BCUT2D eigenvalue weighted by atomic mass is 9.49. The smallest absolute Gasteiger partial charge is 0.407 e. The number of hydrogen-bond donors (Lipinski definition) is 7. The van der Waals surface area contributed by atoms with Gasteiger partial charge in [0.25, 0.3) is 0 Å². The number of carbonyl (C=O) groups is 5. The molecule has 0 aromatic heterocycles. The van der Waals surface area contributed by atoms with Gasteiger partial charge in [0.1, 0.15) is 35.9 Å². The molecule has 26 heteroatoms. The van der Waals surface area contributed by atoms with E-state index in [4.69, 9.17) is 61.6 Å². The number of rotatable bonds is 15. The zero-order valence-corrected chi connectivity index (χ0v) is 57.1. The highest BCUT2D eigenvalue weighted by Gasteiger charge is 2.65. The van der Waals surface area contributed by atoms with Crippen LogP contribution in [-0.4, -0.2) is 197 Å². The van der Waals surface area contributed by atoms with Gasteiger partial charge in [0.05, 0.1) is 92.5 Å². The molecular weight excluding hydrogens is 1240 g/mol. The number of fused-ring (bicyclic) bond motifs is 4. The number of carbonyl (C=O) groups excluding carboxylic acids is 5. The molecule has 6 saturated heterocycles. The van der Waals surface area contributed by atoms with Gasteiger partial charge in [-0.15, -0.1) is 0 Å². The number of amides is 1. The van der Waals surface area contributed by atoms with Crippen LogP contribution in [0, 0.1) is 52.0 Å². The molecule has 4 aliphatic carbocycles. The highest BCUT2D eigenvalue weighted by molar-refractivity contribution is 6.26. The molecular formula is C69H102N2O24. The van der Waals surface area contributed by atoms with Crippen molar-refractivity contribution in [2.24, 2.45) is 46.8 Å². The average molecular weight is 1340 g/mol. The summed E-state index contributed by atoms with van der Waals surface area (Å²) in [4.78, 5) is 68.9. The fourth-order valence-electron chi connectivity index (χ4n) is 17.0. The van der Waals surface area contributed by atoms with Crippen LogP contribution in [0.4, 0.5) is 4.79 Å². The summed E-state index contributed by atoms with van der Waals surface area (Å²) in [6.45, 7) is 23.5. The molecule has 2 bridgehead atoms. The van der Waals surface area contributed by atoms with E-state index in [-0.39, 0.29) is 43.1 Å². The van der Waals surface area contributed by atoms with Crippen LogP contribution >= 0.6 is 0 Å². The largest absolute Gasteiger partial charge is 0.600 e. The SMILES string of the molecule is COC(=O)NC1C(C)OC(OC2CC=C(C)C3C=CC4C(OC5CC(OC6CCC(OC7CC(O)C(OC8CCC(O)C(C)O8)C(C)O7)C(C)O6)C(OC(=O)C(C)C)C(C)O5)C(C)CC(C)C4C3(C)C(O)=C3C(=O)OC4(CC(C=O)=CC(O)C4C=C2C)C3=O)CC1(C)[NH+]([O-])O. The number of ketones is 1. The normalized spacial score (nSPS) is 46.0. The van der Waals surface area contributed by atoms with Crippen molar-refractivity contribution in [3.63, 3.8) is 0 Å².